The minimum absolute atomic E-state index is 0.114. The lowest BCUT2D eigenvalue weighted by Gasteiger charge is -2.23. The van der Waals surface area contributed by atoms with Gasteiger partial charge in [-0.25, -0.2) is 4.79 Å². The summed E-state index contributed by atoms with van der Waals surface area (Å²) in [5.41, 5.74) is 1.70. The van der Waals surface area contributed by atoms with E-state index in [-0.39, 0.29) is 18.6 Å². The highest BCUT2D eigenvalue weighted by atomic mass is 79.9. The maximum atomic E-state index is 12.6. The second-order valence-corrected chi connectivity index (χ2v) is 8.00. The summed E-state index contributed by atoms with van der Waals surface area (Å²) in [4.78, 5) is 36.1. The van der Waals surface area contributed by atoms with Gasteiger partial charge in [0.25, 0.3) is 0 Å². The van der Waals surface area contributed by atoms with Gasteiger partial charge in [-0.2, -0.15) is 0 Å². The number of pyridine rings is 1. The smallest absolute Gasteiger partial charge is 0.410 e. The first-order valence-electron chi connectivity index (χ1n) is 9.53. The molecule has 9 heteroatoms. The van der Waals surface area contributed by atoms with E-state index < -0.39 is 12.1 Å². The second-order valence-electron chi connectivity index (χ2n) is 7.09. The molecule has 1 fully saturated rings. The van der Waals surface area contributed by atoms with Crippen LogP contribution < -0.4 is 5.32 Å². The number of para-hydroxylation sites is 1. The van der Waals surface area contributed by atoms with Crippen molar-refractivity contribution >= 4 is 43.5 Å². The van der Waals surface area contributed by atoms with Gasteiger partial charge in [0.2, 0.25) is 5.91 Å². The minimum Gasteiger partial charge on any atom is -0.444 e. The monoisotopic (exact) mass is 460 g/mol. The third-order valence-corrected chi connectivity index (χ3v) is 5.47. The molecule has 4 rings (SSSR count). The van der Waals surface area contributed by atoms with Crippen molar-refractivity contribution in [2.45, 2.75) is 38.0 Å². The molecule has 0 radical (unpaired) electrons. The molecule has 29 heavy (non-hydrogen) atoms. The molecule has 2 aliphatic rings. The normalized spacial score (nSPS) is 21.0. The molecule has 0 bridgehead atoms. The Morgan fingerprint density at radius 3 is 3.03 bits per heavy atom. The number of hydrogen-bond donors (Lipinski definition) is 1. The van der Waals surface area contributed by atoms with Crippen molar-refractivity contribution in [1.29, 1.82) is 0 Å². The number of rotatable bonds is 5. The molecule has 1 saturated heterocycles. The summed E-state index contributed by atoms with van der Waals surface area (Å²) < 4.78 is 6.18. The van der Waals surface area contributed by atoms with Gasteiger partial charge in [0.05, 0.1) is 12.1 Å². The van der Waals surface area contributed by atoms with E-state index in [1.807, 2.05) is 30.3 Å². The van der Waals surface area contributed by atoms with Gasteiger partial charge in [0, 0.05) is 30.1 Å². The maximum Gasteiger partial charge on any atom is 0.410 e. The van der Waals surface area contributed by atoms with Crippen LogP contribution in [0, 0.1) is 0 Å². The van der Waals surface area contributed by atoms with Crippen molar-refractivity contribution in [3.05, 3.63) is 42.1 Å². The highest BCUT2D eigenvalue weighted by molar-refractivity contribution is 9.18. The Morgan fingerprint density at radius 2 is 2.21 bits per heavy atom. The molecular weight excluding hydrogens is 440 g/mol. The van der Waals surface area contributed by atoms with E-state index in [4.69, 9.17) is 9.57 Å². The first-order valence-corrected chi connectivity index (χ1v) is 10.3. The lowest BCUT2D eigenvalue weighted by Crippen LogP contribution is -2.47. The third kappa shape index (κ3) is 4.67. The summed E-state index contributed by atoms with van der Waals surface area (Å²) in [6.07, 6.45) is 3.03. The average Bonchev–Trinajstić information content (AvgIpc) is 3.39. The van der Waals surface area contributed by atoms with E-state index in [9.17, 15) is 9.59 Å². The van der Waals surface area contributed by atoms with Crippen LogP contribution in [0.25, 0.3) is 10.9 Å². The molecule has 3 heterocycles. The van der Waals surface area contributed by atoms with Gasteiger partial charge >= 0.3 is 6.09 Å². The van der Waals surface area contributed by atoms with Crippen molar-refractivity contribution in [2.24, 2.45) is 5.16 Å². The molecule has 0 aliphatic carbocycles. The lowest BCUT2D eigenvalue weighted by molar-refractivity contribution is -0.125. The highest BCUT2D eigenvalue weighted by Gasteiger charge is 2.35. The van der Waals surface area contributed by atoms with Gasteiger partial charge in [-0.15, -0.1) is 0 Å². The quantitative estimate of drug-likeness (QED) is 0.739. The Morgan fingerprint density at radius 1 is 1.34 bits per heavy atom. The molecular formula is C20H21BrN4O4. The molecule has 2 amide bonds. The zero-order valence-electron chi connectivity index (χ0n) is 15.7. The van der Waals surface area contributed by atoms with Crippen LogP contribution in [0.4, 0.5) is 4.79 Å². The standard InChI is InChI=1S/C20H21BrN4O4/c21-18-9-15(29-24-18)11-23-19(26)17-6-3-7-25(17)20(27)28-12-13-8-14-4-1-2-5-16(14)22-10-13/h1-2,4-5,8,10,15,17H,3,6-7,9,11-12H2,(H,23,26)/t15-,17?/m1/s1. The van der Waals surface area contributed by atoms with Crippen molar-refractivity contribution in [3.8, 4) is 0 Å². The predicted octanol–water partition coefficient (Wildman–Crippen LogP) is 2.95. The Bertz CT molecular complexity index is 951. The van der Waals surface area contributed by atoms with Crippen molar-refractivity contribution in [2.75, 3.05) is 13.1 Å². The van der Waals surface area contributed by atoms with E-state index in [1.165, 1.54) is 4.90 Å². The number of halogens is 1. The minimum atomic E-state index is -0.525. The van der Waals surface area contributed by atoms with Crippen LogP contribution in [0.2, 0.25) is 0 Å². The average molecular weight is 461 g/mol. The van der Waals surface area contributed by atoms with Crippen LogP contribution in [0.3, 0.4) is 0 Å². The van der Waals surface area contributed by atoms with Crippen LogP contribution >= 0.6 is 15.9 Å². The SMILES string of the molecule is O=C(NC[C@H]1CC(Br)=NO1)C1CCCN1C(=O)OCc1cnc2ccccc2c1. The first-order chi connectivity index (χ1) is 14.1. The van der Waals surface area contributed by atoms with E-state index in [0.29, 0.717) is 25.9 Å². The van der Waals surface area contributed by atoms with Crippen LogP contribution in [-0.4, -0.2) is 51.7 Å². The molecule has 2 atom stereocenters. The fraction of sp³-hybridized carbons (Fsp3) is 0.400. The number of carbonyl (C=O) groups excluding carboxylic acids is 2. The van der Waals surface area contributed by atoms with Gasteiger partial charge in [-0.05, 0) is 40.9 Å². The molecule has 1 unspecified atom stereocenters. The van der Waals surface area contributed by atoms with Crippen molar-refractivity contribution < 1.29 is 19.2 Å². The number of amides is 2. The molecule has 2 aliphatic heterocycles. The van der Waals surface area contributed by atoms with Crippen molar-refractivity contribution in [1.82, 2.24) is 15.2 Å². The fourth-order valence-electron chi connectivity index (χ4n) is 3.52. The maximum absolute atomic E-state index is 12.6. The van der Waals surface area contributed by atoms with Crippen molar-refractivity contribution in [3.63, 3.8) is 0 Å². The van der Waals surface area contributed by atoms with E-state index in [2.05, 4.69) is 31.4 Å². The van der Waals surface area contributed by atoms with Gasteiger partial charge < -0.3 is 14.9 Å². The van der Waals surface area contributed by atoms with E-state index in [0.717, 1.165) is 27.5 Å². The van der Waals surface area contributed by atoms with Gasteiger partial charge in [0.1, 0.15) is 17.3 Å². The molecule has 2 aromatic rings. The fourth-order valence-corrected chi connectivity index (χ4v) is 3.96. The summed E-state index contributed by atoms with van der Waals surface area (Å²) in [7, 11) is 0. The van der Waals surface area contributed by atoms with E-state index in [1.54, 1.807) is 6.20 Å². The van der Waals surface area contributed by atoms with Crippen LogP contribution in [-0.2, 0) is 21.0 Å². The summed E-state index contributed by atoms with van der Waals surface area (Å²) in [6.45, 7) is 0.962. The Labute approximate surface area is 176 Å². The number of benzene rings is 1. The molecule has 8 nitrogen and oxygen atoms in total. The molecule has 1 aromatic heterocycles. The number of nitrogens with zero attached hydrogens (tertiary/aromatic N) is 3. The molecule has 1 N–H and O–H groups in total. The first kappa shape index (κ1) is 19.6. The molecule has 0 saturated carbocycles. The van der Waals surface area contributed by atoms with Crippen LogP contribution in [0.1, 0.15) is 24.8 Å². The Hall–Kier alpha value is -2.68. The second kappa shape index (κ2) is 8.77. The number of likely N-dealkylation sites (tertiary alicyclic amines) is 1. The summed E-state index contributed by atoms with van der Waals surface area (Å²) >= 11 is 3.27. The number of aromatic nitrogens is 1. The summed E-state index contributed by atoms with van der Waals surface area (Å²) in [6, 6.07) is 9.19. The lowest BCUT2D eigenvalue weighted by atomic mass is 10.2. The molecule has 0 spiro atoms. The number of hydrogen-bond acceptors (Lipinski definition) is 6. The predicted molar refractivity (Wildman–Crippen MR) is 111 cm³/mol. The zero-order valence-corrected chi connectivity index (χ0v) is 17.3. The van der Waals surface area contributed by atoms with Crippen LogP contribution in [0.5, 0.6) is 0 Å². The number of fused-ring (bicyclic) bond motifs is 1. The number of ether oxygens (including phenoxy) is 1. The zero-order chi connectivity index (χ0) is 20.2. The number of nitrogens with one attached hydrogen (secondary N) is 1. The largest absolute Gasteiger partial charge is 0.444 e. The summed E-state index contributed by atoms with van der Waals surface area (Å²) in [5, 5.41) is 7.64. The number of carbonyl (C=O) groups is 2. The van der Waals surface area contributed by atoms with Gasteiger partial charge in [-0.1, -0.05) is 23.4 Å². The van der Waals surface area contributed by atoms with Gasteiger partial charge in [0.15, 0.2) is 6.10 Å². The highest BCUT2D eigenvalue weighted by Crippen LogP contribution is 2.20. The Kier molecular flexibility index (Phi) is 5.94. The van der Waals surface area contributed by atoms with E-state index >= 15 is 0 Å². The summed E-state index contributed by atoms with van der Waals surface area (Å²) in [5.74, 6) is -0.196. The molecule has 1 aromatic carbocycles. The third-order valence-electron chi connectivity index (χ3n) is 5.00. The number of oxime groups is 1. The van der Waals surface area contributed by atoms with Crippen LogP contribution in [0.15, 0.2) is 41.7 Å². The van der Waals surface area contributed by atoms with Gasteiger partial charge in [-0.3, -0.25) is 14.7 Å². The topological polar surface area (TPSA) is 93.1 Å². The Balaban J connectivity index is 1.30. The molecule has 152 valence electrons.